The summed E-state index contributed by atoms with van der Waals surface area (Å²) < 4.78 is 70.7. The van der Waals surface area contributed by atoms with Crippen molar-refractivity contribution in [2.45, 2.75) is 84.7 Å². The van der Waals surface area contributed by atoms with Gasteiger partial charge in [-0.3, -0.25) is 0 Å². The molecule has 0 radical (unpaired) electrons. The first-order valence-corrected chi connectivity index (χ1v) is 23.6. The molecule has 0 fully saturated rings. The smallest absolute Gasteiger partial charge is 0.416 e. The summed E-state index contributed by atoms with van der Waals surface area (Å²) >= 11 is 7.05. The van der Waals surface area contributed by atoms with Crippen LogP contribution in [0.1, 0.15) is 97.6 Å². The topological polar surface area (TPSA) is 251 Å². The lowest BCUT2D eigenvalue weighted by Crippen LogP contribution is -2.42. The van der Waals surface area contributed by atoms with Crippen LogP contribution in [0.5, 0.6) is 23.4 Å². The molecule has 0 saturated heterocycles. The molecule has 3 aromatic heterocycles. The van der Waals surface area contributed by atoms with E-state index in [4.69, 9.17) is 57.9 Å². The molecule has 374 valence electrons. The highest BCUT2D eigenvalue weighted by molar-refractivity contribution is 6.30. The summed E-state index contributed by atoms with van der Waals surface area (Å²) in [5.41, 5.74) is 19.9. The number of aromatic nitrogens is 6. The van der Waals surface area contributed by atoms with Crippen molar-refractivity contribution in [2.75, 3.05) is 7.11 Å². The molecular weight excluding hydrogens is 961 g/mol. The van der Waals surface area contributed by atoms with Gasteiger partial charge in [-0.2, -0.15) is 48.9 Å². The maximum atomic E-state index is 14.4. The molecule has 0 saturated carbocycles. The van der Waals surface area contributed by atoms with Crippen LogP contribution >= 0.6 is 11.6 Å². The Morgan fingerprint density at radius 3 is 1.59 bits per heavy atom. The number of H-pyrrole nitrogens is 1. The third-order valence-corrected chi connectivity index (χ3v) is 14.9. The molecule has 6 heterocycles. The van der Waals surface area contributed by atoms with Crippen molar-refractivity contribution in [2.24, 2.45) is 35.0 Å². The van der Waals surface area contributed by atoms with E-state index in [1.165, 1.54) is 23.9 Å². The van der Waals surface area contributed by atoms with Gasteiger partial charge in [0.25, 0.3) is 0 Å². The molecule has 3 atom stereocenters. The van der Waals surface area contributed by atoms with Crippen molar-refractivity contribution in [1.29, 1.82) is 15.8 Å². The van der Waals surface area contributed by atoms with Gasteiger partial charge in [0.1, 0.15) is 40.7 Å². The van der Waals surface area contributed by atoms with Crippen molar-refractivity contribution >= 4 is 11.6 Å². The highest BCUT2D eigenvalue weighted by atomic mass is 35.5. The Hall–Kier alpha value is -8.34. The Morgan fingerprint density at radius 2 is 1.11 bits per heavy atom. The Bertz CT molecular complexity index is 3560. The van der Waals surface area contributed by atoms with Crippen molar-refractivity contribution in [3.8, 4) is 53.0 Å². The molecule has 7 N–H and O–H groups in total. The van der Waals surface area contributed by atoms with Crippen LogP contribution in [0.2, 0.25) is 5.02 Å². The molecule has 16 nitrogen and oxygen atoms in total. The average molecular weight is 1010 g/mol. The van der Waals surface area contributed by atoms with Crippen molar-refractivity contribution in [3.05, 3.63) is 156 Å². The van der Waals surface area contributed by atoms with E-state index in [9.17, 15) is 29.0 Å². The summed E-state index contributed by atoms with van der Waals surface area (Å²) in [6, 6.07) is 22.2. The van der Waals surface area contributed by atoms with Gasteiger partial charge >= 0.3 is 6.18 Å². The number of fused-ring (bicyclic) bond motifs is 3. The number of nitrogens with one attached hydrogen (secondary N) is 1. The zero-order valence-electron chi connectivity index (χ0n) is 41.5. The predicted octanol–water partition coefficient (Wildman–Crippen LogP) is 9.47. The lowest BCUT2D eigenvalue weighted by atomic mass is 9.61. The largest absolute Gasteiger partial charge is 0.497 e. The molecule has 6 aromatic rings. The van der Waals surface area contributed by atoms with Crippen molar-refractivity contribution in [1.82, 2.24) is 29.8 Å². The fourth-order valence-electron chi connectivity index (χ4n) is 11.8. The van der Waals surface area contributed by atoms with Gasteiger partial charge in [-0.05, 0) is 91.6 Å². The summed E-state index contributed by atoms with van der Waals surface area (Å²) in [4.78, 5) is 0. The number of alkyl halides is 3. The molecule has 73 heavy (non-hydrogen) atoms. The quantitative estimate of drug-likeness (QED) is 0.105. The van der Waals surface area contributed by atoms with Gasteiger partial charge in [0.05, 0.1) is 74.1 Å². The zero-order chi connectivity index (χ0) is 53.0. The van der Waals surface area contributed by atoms with Crippen LogP contribution in [0.4, 0.5) is 13.2 Å². The molecular formula is C53H50ClF3N12O4. The number of hydrogen-bond acceptors (Lipinski definition) is 13. The van der Waals surface area contributed by atoms with Crippen LogP contribution < -0.4 is 36.1 Å². The first kappa shape index (κ1) is 49.6. The second-order valence-corrected chi connectivity index (χ2v) is 19.7. The van der Waals surface area contributed by atoms with Crippen molar-refractivity contribution < 1.29 is 32.1 Å². The first-order valence-electron chi connectivity index (χ1n) is 23.2. The van der Waals surface area contributed by atoms with E-state index < -0.39 is 39.8 Å². The molecule has 3 aliphatic heterocycles. The molecule has 0 amide bonds. The van der Waals surface area contributed by atoms with Crippen molar-refractivity contribution in [3.63, 3.8) is 0 Å². The lowest BCUT2D eigenvalue weighted by molar-refractivity contribution is -0.137. The highest BCUT2D eigenvalue weighted by Crippen LogP contribution is 2.58. The van der Waals surface area contributed by atoms with Crippen LogP contribution in [0.15, 0.2) is 95.0 Å². The third kappa shape index (κ3) is 6.80. The number of nitriles is 3. The minimum atomic E-state index is -4.69. The third-order valence-electron chi connectivity index (χ3n) is 14.7. The monoisotopic (exact) mass is 1010 g/mol. The van der Waals surface area contributed by atoms with Crippen LogP contribution in [0, 0.1) is 72.5 Å². The van der Waals surface area contributed by atoms with E-state index in [1.54, 1.807) is 62.7 Å². The van der Waals surface area contributed by atoms with Crippen LogP contribution in [0.25, 0.3) is 11.4 Å². The summed E-state index contributed by atoms with van der Waals surface area (Å²) in [5.74, 6) is -1.11. The Kier molecular flexibility index (Phi) is 11.7. The number of benzene rings is 3. The van der Waals surface area contributed by atoms with Gasteiger partial charge in [-0.15, -0.1) is 0 Å². The number of aryl methyl sites for hydroxylation is 3. The number of allylic oxidation sites excluding steroid dienone is 3. The maximum Gasteiger partial charge on any atom is 0.416 e. The summed E-state index contributed by atoms with van der Waals surface area (Å²) in [7, 11) is 1.48. The van der Waals surface area contributed by atoms with E-state index >= 15 is 0 Å². The van der Waals surface area contributed by atoms with Gasteiger partial charge in [0.15, 0.2) is 0 Å². The van der Waals surface area contributed by atoms with Crippen LogP contribution in [0.3, 0.4) is 0 Å². The molecule has 0 aliphatic carbocycles. The van der Waals surface area contributed by atoms with E-state index in [-0.39, 0.29) is 62.6 Å². The van der Waals surface area contributed by atoms with Gasteiger partial charge in [-0.25, -0.2) is 9.78 Å². The van der Waals surface area contributed by atoms with Gasteiger partial charge < -0.3 is 36.1 Å². The maximum absolute atomic E-state index is 14.4. The fraction of sp³-hybridized carbons (Fsp3) is 0.321. The normalized spacial score (nSPS) is 20.5. The fourth-order valence-corrected chi connectivity index (χ4v) is 12.0. The molecule has 20 heteroatoms. The minimum absolute atomic E-state index is 0.0551. The number of aromatic amines is 1. The Labute approximate surface area is 423 Å². The molecule has 3 aliphatic rings. The SMILES string of the molecule is COc1cc(-n2nc(C)c3c2OC(N)=C(C#N)C3(c2cccc(C(F)(F)F)c2)C(C)C)cc(C2(C(C)C)C(C#N)=C(N)Oc3c2c(C)nn3-c2cc(Cl)cc(C3(C(C)C)C(C#N)=C(N)Oc4[nH]nc(C)c43)c2)c1. The predicted molar refractivity (Wildman–Crippen MR) is 262 cm³/mol. The Balaban J connectivity index is 1.29. The van der Waals surface area contributed by atoms with Gasteiger partial charge in [-0.1, -0.05) is 71.3 Å². The second kappa shape index (κ2) is 17.2. The first-order chi connectivity index (χ1) is 34.5. The zero-order valence-corrected chi connectivity index (χ0v) is 42.2. The van der Waals surface area contributed by atoms with Crippen LogP contribution in [-0.4, -0.2) is 36.9 Å². The number of hydrogen-bond donors (Lipinski definition) is 4. The number of nitrogens with zero attached hydrogens (tertiary/aromatic N) is 8. The summed E-state index contributed by atoms with van der Waals surface area (Å²) in [6.07, 6.45) is -4.69. The highest BCUT2D eigenvalue weighted by Gasteiger charge is 2.55. The standard InChI is InChI=1S/C53H50ClF3N12O4/c1-24(2)50(30-12-11-13-31(14-30)53(55,56)57)39(22-59)45(62)72-48-42(50)28(8)67-69(48)36-17-33(18-37(20-36)70-10)52(26(5)6)40(23-60)46(63)73-49-43(52)29(9)66-68(49)35-16-32(15-34(54)19-35)51(25(3)4)38(21-58)44(61)71-47-41(51)27(7)64-65-47/h11-20,24-26H,61-63H2,1-10H3,(H,64,65). The number of halogens is 4. The molecule has 3 aromatic carbocycles. The van der Waals surface area contributed by atoms with Gasteiger partial charge in [0.2, 0.25) is 35.3 Å². The summed E-state index contributed by atoms with van der Waals surface area (Å²) in [6.45, 7) is 16.6. The minimum Gasteiger partial charge on any atom is -0.497 e. The number of ether oxygens (including phenoxy) is 4. The van der Waals surface area contributed by atoms with Crippen LogP contribution in [-0.2, 0) is 22.4 Å². The average Bonchev–Trinajstić information content (AvgIpc) is 3.99. The molecule has 0 bridgehead atoms. The van der Waals surface area contributed by atoms with E-state index in [1.807, 2.05) is 40.7 Å². The van der Waals surface area contributed by atoms with E-state index in [0.29, 0.717) is 67.9 Å². The number of rotatable bonds is 9. The molecule has 9 rings (SSSR count). The van der Waals surface area contributed by atoms with Gasteiger partial charge in [0, 0.05) is 11.1 Å². The molecule has 0 spiro atoms. The Morgan fingerprint density at radius 1 is 0.644 bits per heavy atom. The lowest BCUT2D eigenvalue weighted by Gasteiger charge is -2.42. The molecule has 3 unspecified atom stereocenters. The van der Waals surface area contributed by atoms with E-state index in [0.717, 1.165) is 12.1 Å². The summed E-state index contributed by atoms with van der Waals surface area (Å²) in [5, 5.41) is 50.3. The van der Waals surface area contributed by atoms with E-state index in [2.05, 4.69) is 28.4 Å². The number of nitrogens with two attached hydrogens (primary N) is 3. The number of methoxy groups -OCH3 is 1. The second-order valence-electron chi connectivity index (χ2n) is 19.3.